The molecule has 1 heterocycles. The Balaban J connectivity index is 1.82. The van der Waals surface area contributed by atoms with Crippen LogP contribution in [-0.4, -0.2) is 108 Å². The van der Waals surface area contributed by atoms with Crippen molar-refractivity contribution in [3.63, 3.8) is 0 Å². The fraction of sp³-hybridized carbons (Fsp3) is 0.484. The molecule has 1 aliphatic rings. The number of alkyl halides is 3. The van der Waals surface area contributed by atoms with Crippen LogP contribution in [0.15, 0.2) is 42.5 Å². The molecule has 268 valence electrons. The van der Waals surface area contributed by atoms with Crippen LogP contribution >= 0.6 is 0 Å². The molecule has 1 aromatic rings. The van der Waals surface area contributed by atoms with Crippen molar-refractivity contribution in [2.24, 2.45) is 5.92 Å². The summed E-state index contributed by atoms with van der Waals surface area (Å²) in [5.41, 5.74) is 0.627. The molecule has 2 rings (SSSR count). The van der Waals surface area contributed by atoms with E-state index in [4.69, 9.17) is 5.11 Å². The summed E-state index contributed by atoms with van der Waals surface area (Å²) >= 11 is 0. The number of benzene rings is 1. The van der Waals surface area contributed by atoms with Gasteiger partial charge in [0, 0.05) is 25.1 Å². The van der Waals surface area contributed by atoms with Crippen molar-refractivity contribution in [1.29, 1.82) is 0 Å². The summed E-state index contributed by atoms with van der Waals surface area (Å²) < 4.78 is 40.6. The molecule has 1 aliphatic heterocycles. The molecular formula is C31H39F3N6O9. The lowest BCUT2D eigenvalue weighted by Crippen LogP contribution is -2.53. The van der Waals surface area contributed by atoms with Gasteiger partial charge in [-0.1, -0.05) is 43.2 Å². The third-order valence-electron chi connectivity index (χ3n) is 7.30. The molecule has 49 heavy (non-hydrogen) atoms. The number of aliphatic carboxylic acids is 1. The van der Waals surface area contributed by atoms with Crippen molar-refractivity contribution < 1.29 is 56.6 Å². The lowest BCUT2D eigenvalue weighted by Gasteiger charge is -2.22. The van der Waals surface area contributed by atoms with E-state index in [0.717, 1.165) is 24.0 Å². The van der Waals surface area contributed by atoms with Crippen LogP contribution in [0.3, 0.4) is 0 Å². The van der Waals surface area contributed by atoms with Crippen LogP contribution in [0.5, 0.6) is 0 Å². The van der Waals surface area contributed by atoms with Crippen LogP contribution in [0.1, 0.15) is 38.2 Å². The fourth-order valence-corrected chi connectivity index (χ4v) is 4.42. The second-order valence-corrected chi connectivity index (χ2v) is 11.1. The van der Waals surface area contributed by atoms with E-state index in [2.05, 4.69) is 26.6 Å². The summed E-state index contributed by atoms with van der Waals surface area (Å²) in [6.07, 6.45) is -2.14. The Labute approximate surface area is 279 Å². The summed E-state index contributed by atoms with van der Waals surface area (Å²) in [6.45, 7) is -1.39. The van der Waals surface area contributed by atoms with E-state index >= 15 is 0 Å². The number of carboxylic acids is 1. The molecule has 18 heteroatoms. The maximum absolute atomic E-state index is 13.5. The summed E-state index contributed by atoms with van der Waals surface area (Å²) in [4.78, 5) is 96.6. The number of nitrogens with one attached hydrogen (secondary N) is 5. The number of unbranched alkanes of at least 4 members (excludes halogenated alkanes) is 2. The van der Waals surface area contributed by atoms with Crippen LogP contribution in [0, 0.1) is 5.92 Å². The van der Waals surface area contributed by atoms with Crippen LogP contribution in [0.4, 0.5) is 13.2 Å². The predicted octanol–water partition coefficient (Wildman–Crippen LogP) is -0.642. The zero-order valence-corrected chi connectivity index (χ0v) is 26.6. The van der Waals surface area contributed by atoms with Crippen molar-refractivity contribution in [2.45, 2.75) is 57.3 Å². The van der Waals surface area contributed by atoms with Crippen molar-refractivity contribution in [3.8, 4) is 0 Å². The molecule has 6 amide bonds. The first kappa shape index (κ1) is 40.0. The minimum absolute atomic E-state index is 0.0288. The molecular weight excluding hydrogens is 657 g/mol. The van der Waals surface area contributed by atoms with Gasteiger partial charge in [0.05, 0.1) is 26.2 Å². The van der Waals surface area contributed by atoms with Gasteiger partial charge in [-0.2, -0.15) is 13.2 Å². The summed E-state index contributed by atoms with van der Waals surface area (Å²) in [5, 5.41) is 20.1. The van der Waals surface area contributed by atoms with Gasteiger partial charge in [-0.25, -0.2) is 0 Å². The van der Waals surface area contributed by atoms with Gasteiger partial charge in [-0.3, -0.25) is 48.6 Å². The van der Waals surface area contributed by atoms with E-state index in [-0.39, 0.29) is 25.8 Å². The molecule has 0 saturated carbocycles. The minimum atomic E-state index is -4.68. The SMILES string of the molecule is C[C@H](C(=O)O)C(=O)CNC(=O)CNC(=O)[C@H](Cc1ccccc1)NC(=O)CNC(=O)CNC(CCCCCN1C(=O)C=CC1=O)C(F)(F)F. The average molecular weight is 697 g/mol. The Kier molecular flexibility index (Phi) is 16.0. The number of amides is 6. The van der Waals surface area contributed by atoms with E-state index in [1.807, 2.05) is 0 Å². The van der Waals surface area contributed by atoms with Crippen LogP contribution < -0.4 is 26.6 Å². The van der Waals surface area contributed by atoms with Gasteiger partial charge in [0.25, 0.3) is 11.8 Å². The number of halogens is 3. The average Bonchev–Trinajstić information content (AvgIpc) is 3.37. The van der Waals surface area contributed by atoms with Gasteiger partial charge in [0.15, 0.2) is 5.78 Å². The number of carbonyl (C=O) groups excluding carboxylic acids is 7. The number of imide groups is 1. The van der Waals surface area contributed by atoms with Gasteiger partial charge in [0.1, 0.15) is 18.0 Å². The first-order valence-corrected chi connectivity index (χ1v) is 15.3. The number of nitrogens with zero attached hydrogens (tertiary/aromatic N) is 1. The van der Waals surface area contributed by atoms with Crippen LogP contribution in [-0.2, 0) is 44.8 Å². The van der Waals surface area contributed by atoms with Crippen molar-refractivity contribution >= 4 is 47.2 Å². The Morgan fingerprint density at radius 1 is 0.796 bits per heavy atom. The number of carboxylic acid groups (broad SMARTS) is 1. The molecule has 6 N–H and O–H groups in total. The quantitative estimate of drug-likeness (QED) is 0.0542. The van der Waals surface area contributed by atoms with Gasteiger partial charge in [-0.15, -0.1) is 0 Å². The molecule has 0 radical (unpaired) electrons. The molecule has 1 unspecified atom stereocenters. The summed E-state index contributed by atoms with van der Waals surface area (Å²) in [7, 11) is 0. The first-order chi connectivity index (χ1) is 23.1. The Hall–Kier alpha value is -5.13. The van der Waals surface area contributed by atoms with E-state index in [0.29, 0.717) is 18.4 Å². The number of hydrogen-bond acceptors (Lipinski definition) is 9. The molecule has 0 spiro atoms. The van der Waals surface area contributed by atoms with Crippen molar-refractivity contribution in [2.75, 3.05) is 32.7 Å². The summed E-state index contributed by atoms with van der Waals surface area (Å²) in [5.74, 6) is -7.77. The molecule has 1 aromatic carbocycles. The van der Waals surface area contributed by atoms with Crippen molar-refractivity contribution in [1.82, 2.24) is 31.5 Å². The Bertz CT molecular complexity index is 1390. The normalized spacial score (nSPS) is 14.5. The largest absolute Gasteiger partial charge is 0.481 e. The Morgan fingerprint density at radius 3 is 2.00 bits per heavy atom. The molecule has 0 aliphatic carbocycles. The number of carbonyl (C=O) groups is 8. The minimum Gasteiger partial charge on any atom is -0.481 e. The van der Waals surface area contributed by atoms with E-state index < -0.39 is 97.6 Å². The fourth-order valence-electron chi connectivity index (χ4n) is 4.42. The zero-order valence-electron chi connectivity index (χ0n) is 26.6. The predicted molar refractivity (Wildman–Crippen MR) is 165 cm³/mol. The van der Waals surface area contributed by atoms with E-state index in [1.54, 1.807) is 30.3 Å². The number of ketones is 1. The maximum Gasteiger partial charge on any atom is 0.403 e. The molecule has 0 fully saturated rings. The number of hydrogen-bond donors (Lipinski definition) is 6. The van der Waals surface area contributed by atoms with Gasteiger partial charge in [0.2, 0.25) is 23.6 Å². The zero-order chi connectivity index (χ0) is 36.6. The number of rotatable bonds is 21. The van der Waals surface area contributed by atoms with Gasteiger partial charge in [-0.05, 0) is 25.3 Å². The highest BCUT2D eigenvalue weighted by atomic mass is 19.4. The molecule has 0 saturated heterocycles. The van der Waals surface area contributed by atoms with Crippen LogP contribution in [0.2, 0.25) is 0 Å². The van der Waals surface area contributed by atoms with Crippen LogP contribution in [0.25, 0.3) is 0 Å². The van der Waals surface area contributed by atoms with E-state index in [9.17, 15) is 51.5 Å². The monoisotopic (exact) mass is 696 g/mol. The highest BCUT2D eigenvalue weighted by Gasteiger charge is 2.39. The number of Topliss-reactive ketones (excluding diaryl/α,β-unsaturated/α-hetero) is 1. The second kappa shape index (κ2) is 19.6. The first-order valence-electron chi connectivity index (χ1n) is 15.3. The highest BCUT2D eigenvalue weighted by Crippen LogP contribution is 2.24. The molecule has 0 aromatic heterocycles. The maximum atomic E-state index is 13.5. The Morgan fingerprint density at radius 2 is 1.39 bits per heavy atom. The molecule has 3 atom stereocenters. The third-order valence-corrected chi connectivity index (χ3v) is 7.30. The standard InChI is InChI=1S/C31H39F3N6O9/c1-19(30(48)49)22(41)15-36-25(43)17-38-29(47)21(14-20-8-4-2-5-9-20)39-26(44)18-37-24(42)16-35-23(31(32,33)34)10-6-3-7-13-40-27(45)11-12-28(40)46/h2,4-5,8-9,11-12,19,21,23,35H,3,6-7,10,13-18H2,1H3,(H,36,43)(H,37,42)(H,38,47)(H,39,44)(H,48,49)/t19-,21-,23?/m0/s1. The topological polar surface area (TPSA) is 220 Å². The molecule has 15 nitrogen and oxygen atoms in total. The molecule has 0 bridgehead atoms. The smallest absolute Gasteiger partial charge is 0.403 e. The lowest BCUT2D eigenvalue weighted by molar-refractivity contribution is -0.158. The van der Waals surface area contributed by atoms with E-state index in [1.165, 1.54) is 0 Å². The van der Waals surface area contributed by atoms with Gasteiger partial charge >= 0.3 is 12.1 Å². The van der Waals surface area contributed by atoms with Crippen molar-refractivity contribution in [3.05, 3.63) is 48.0 Å². The lowest BCUT2D eigenvalue weighted by atomic mass is 10.1. The van der Waals surface area contributed by atoms with Gasteiger partial charge < -0.3 is 26.4 Å². The third kappa shape index (κ3) is 14.7. The second-order valence-electron chi connectivity index (χ2n) is 11.1. The summed E-state index contributed by atoms with van der Waals surface area (Å²) in [6, 6.07) is 5.18. The highest BCUT2D eigenvalue weighted by molar-refractivity contribution is 6.12.